The summed E-state index contributed by atoms with van der Waals surface area (Å²) in [6.07, 6.45) is 1.82. The van der Waals surface area contributed by atoms with Gasteiger partial charge >= 0.3 is 12.0 Å². The van der Waals surface area contributed by atoms with Gasteiger partial charge in [0.1, 0.15) is 12.2 Å². The van der Waals surface area contributed by atoms with E-state index in [-0.39, 0.29) is 24.3 Å². The number of ether oxygens (including phenoxy) is 2. The lowest BCUT2D eigenvalue weighted by molar-refractivity contribution is -0.148. The first-order valence-corrected chi connectivity index (χ1v) is 7.26. The zero-order valence-electron chi connectivity index (χ0n) is 12.8. The Kier molecular flexibility index (Phi) is 4.73. The Labute approximate surface area is 124 Å². The number of likely N-dealkylation sites (tertiary alicyclic amines) is 1. The molecule has 2 N–H and O–H groups in total. The highest BCUT2D eigenvalue weighted by atomic mass is 16.5. The van der Waals surface area contributed by atoms with E-state index in [1.54, 1.807) is 26.0 Å². The van der Waals surface area contributed by atoms with Crippen LogP contribution in [0.25, 0.3) is 0 Å². The van der Waals surface area contributed by atoms with E-state index in [9.17, 15) is 14.7 Å². The molecule has 1 heterocycles. The number of aliphatic carboxylic acids is 1. The summed E-state index contributed by atoms with van der Waals surface area (Å²) in [7, 11) is 3.19. The van der Waals surface area contributed by atoms with Gasteiger partial charge in [-0.3, -0.25) is 4.79 Å². The van der Waals surface area contributed by atoms with Gasteiger partial charge in [-0.15, -0.1) is 0 Å². The van der Waals surface area contributed by atoms with Crippen molar-refractivity contribution in [1.29, 1.82) is 0 Å². The maximum atomic E-state index is 12.3. The van der Waals surface area contributed by atoms with Gasteiger partial charge in [-0.2, -0.15) is 0 Å². The van der Waals surface area contributed by atoms with Crippen LogP contribution in [0, 0.1) is 5.41 Å². The topological polar surface area (TPSA) is 88.1 Å². The third-order valence-corrected chi connectivity index (χ3v) is 4.85. The number of methoxy groups -OCH3 is 2. The normalized spacial score (nSPS) is 36.0. The molecule has 0 aromatic heterocycles. The molecule has 120 valence electrons. The summed E-state index contributed by atoms with van der Waals surface area (Å²) in [6, 6.07) is -0.568. The number of rotatable bonds is 4. The number of carboxylic acid groups (broad SMARTS) is 1. The Morgan fingerprint density at radius 1 is 1.24 bits per heavy atom. The maximum absolute atomic E-state index is 12.3. The van der Waals surface area contributed by atoms with Crippen molar-refractivity contribution in [2.45, 2.75) is 44.4 Å². The highest BCUT2D eigenvalue weighted by Gasteiger charge is 2.47. The summed E-state index contributed by atoms with van der Waals surface area (Å²) < 4.78 is 10.6. The number of carbonyl (C=O) groups is 2. The van der Waals surface area contributed by atoms with Crippen LogP contribution in [0.3, 0.4) is 0 Å². The molecule has 1 aliphatic heterocycles. The van der Waals surface area contributed by atoms with E-state index >= 15 is 0 Å². The first-order valence-electron chi connectivity index (χ1n) is 7.26. The van der Waals surface area contributed by atoms with Crippen LogP contribution in [0.1, 0.15) is 26.2 Å². The van der Waals surface area contributed by atoms with Crippen LogP contribution in [0.5, 0.6) is 0 Å². The highest BCUT2D eigenvalue weighted by Crippen LogP contribution is 2.38. The third-order valence-electron chi connectivity index (χ3n) is 4.85. The van der Waals surface area contributed by atoms with Crippen LogP contribution in [-0.2, 0) is 14.3 Å². The molecule has 1 saturated heterocycles. The van der Waals surface area contributed by atoms with E-state index in [2.05, 4.69) is 5.32 Å². The van der Waals surface area contributed by atoms with Gasteiger partial charge in [0.15, 0.2) is 0 Å². The van der Waals surface area contributed by atoms with Gasteiger partial charge in [0.05, 0.1) is 18.5 Å². The molecular formula is C14H24N2O5. The summed E-state index contributed by atoms with van der Waals surface area (Å²) in [6.45, 7) is 2.61. The fourth-order valence-corrected chi connectivity index (χ4v) is 3.26. The van der Waals surface area contributed by atoms with E-state index in [0.29, 0.717) is 25.9 Å². The highest BCUT2D eigenvalue weighted by molar-refractivity contribution is 5.79. The average molecular weight is 300 g/mol. The predicted molar refractivity (Wildman–Crippen MR) is 75.1 cm³/mol. The summed E-state index contributed by atoms with van der Waals surface area (Å²) in [5.74, 6) is -0.851. The lowest BCUT2D eigenvalue weighted by Gasteiger charge is -2.29. The summed E-state index contributed by atoms with van der Waals surface area (Å²) in [4.78, 5) is 25.4. The fraction of sp³-hybridized carbons (Fsp3) is 0.857. The van der Waals surface area contributed by atoms with E-state index < -0.39 is 11.4 Å². The molecule has 2 aliphatic rings. The van der Waals surface area contributed by atoms with Gasteiger partial charge in [0.2, 0.25) is 0 Å². The van der Waals surface area contributed by atoms with Crippen molar-refractivity contribution in [3.05, 3.63) is 0 Å². The summed E-state index contributed by atoms with van der Waals surface area (Å²) >= 11 is 0. The molecule has 2 amide bonds. The second-order valence-corrected chi connectivity index (χ2v) is 6.07. The maximum Gasteiger partial charge on any atom is 0.317 e. The first-order chi connectivity index (χ1) is 9.92. The number of nitrogens with one attached hydrogen (secondary N) is 1. The molecule has 7 heteroatoms. The molecule has 4 atom stereocenters. The first kappa shape index (κ1) is 16.0. The number of hydrogen-bond donors (Lipinski definition) is 2. The van der Waals surface area contributed by atoms with Crippen LogP contribution in [0.4, 0.5) is 4.79 Å². The van der Waals surface area contributed by atoms with E-state index in [1.807, 2.05) is 0 Å². The molecule has 2 rings (SSSR count). The zero-order chi connectivity index (χ0) is 15.6. The molecule has 21 heavy (non-hydrogen) atoms. The summed E-state index contributed by atoms with van der Waals surface area (Å²) in [5, 5.41) is 12.3. The lowest BCUT2D eigenvalue weighted by Crippen LogP contribution is -2.51. The second-order valence-electron chi connectivity index (χ2n) is 6.07. The number of urea groups is 1. The van der Waals surface area contributed by atoms with Crippen molar-refractivity contribution in [2.75, 3.05) is 27.3 Å². The minimum Gasteiger partial charge on any atom is -0.481 e. The third kappa shape index (κ3) is 2.98. The number of amides is 2. The Morgan fingerprint density at radius 3 is 2.29 bits per heavy atom. The molecule has 4 unspecified atom stereocenters. The van der Waals surface area contributed by atoms with Crippen molar-refractivity contribution in [3.8, 4) is 0 Å². The number of carbonyl (C=O) groups excluding carboxylic acids is 1. The largest absolute Gasteiger partial charge is 0.481 e. The number of hydrogen-bond acceptors (Lipinski definition) is 4. The van der Waals surface area contributed by atoms with E-state index in [4.69, 9.17) is 9.47 Å². The molecule has 2 fully saturated rings. The van der Waals surface area contributed by atoms with Gasteiger partial charge in [0.25, 0.3) is 0 Å². The Bertz CT molecular complexity index is 404. The monoisotopic (exact) mass is 300 g/mol. The Hall–Kier alpha value is -1.34. The van der Waals surface area contributed by atoms with Crippen LogP contribution in [0.2, 0.25) is 0 Å². The van der Waals surface area contributed by atoms with Crippen LogP contribution in [0.15, 0.2) is 0 Å². The quantitative estimate of drug-likeness (QED) is 0.797. The molecule has 7 nitrogen and oxygen atoms in total. The fourth-order valence-electron chi connectivity index (χ4n) is 3.26. The molecule has 0 spiro atoms. The smallest absolute Gasteiger partial charge is 0.317 e. The lowest BCUT2D eigenvalue weighted by atomic mass is 9.85. The SMILES string of the molecule is COC1CN(C(=O)NC2CCCC2(C)C(=O)O)CC1OC. The molecular weight excluding hydrogens is 276 g/mol. The molecule has 0 aromatic carbocycles. The van der Waals surface area contributed by atoms with Crippen molar-refractivity contribution < 1.29 is 24.2 Å². The van der Waals surface area contributed by atoms with Crippen molar-refractivity contribution in [2.24, 2.45) is 5.41 Å². The minimum absolute atomic E-state index is 0.143. The van der Waals surface area contributed by atoms with Crippen molar-refractivity contribution in [3.63, 3.8) is 0 Å². The van der Waals surface area contributed by atoms with Gasteiger partial charge in [-0.1, -0.05) is 6.42 Å². The van der Waals surface area contributed by atoms with E-state index in [0.717, 1.165) is 6.42 Å². The van der Waals surface area contributed by atoms with Crippen LogP contribution in [-0.4, -0.2) is 67.6 Å². The number of nitrogens with zero attached hydrogens (tertiary/aromatic N) is 1. The number of carboxylic acids is 1. The van der Waals surface area contributed by atoms with Gasteiger partial charge in [0, 0.05) is 20.3 Å². The van der Waals surface area contributed by atoms with Crippen molar-refractivity contribution in [1.82, 2.24) is 10.2 Å². The molecule has 0 bridgehead atoms. The van der Waals surface area contributed by atoms with Gasteiger partial charge in [-0.25, -0.2) is 4.79 Å². The molecule has 0 radical (unpaired) electrons. The average Bonchev–Trinajstić information content (AvgIpc) is 3.03. The molecule has 1 aliphatic carbocycles. The summed E-state index contributed by atoms with van der Waals surface area (Å²) in [5.41, 5.74) is -0.878. The van der Waals surface area contributed by atoms with Gasteiger partial charge < -0.3 is 24.8 Å². The molecule has 0 aromatic rings. The molecule has 1 saturated carbocycles. The van der Waals surface area contributed by atoms with Crippen LogP contribution >= 0.6 is 0 Å². The Balaban J connectivity index is 1.98. The second kappa shape index (κ2) is 6.19. The van der Waals surface area contributed by atoms with E-state index in [1.165, 1.54) is 0 Å². The standard InChI is InChI=1S/C14H24N2O5/c1-14(12(17)18)6-4-5-11(14)15-13(19)16-7-9(20-2)10(8-16)21-3/h9-11H,4-8H2,1-3H3,(H,15,19)(H,17,18). The van der Waals surface area contributed by atoms with Crippen LogP contribution < -0.4 is 5.32 Å². The zero-order valence-corrected chi connectivity index (χ0v) is 12.8. The minimum atomic E-state index is -0.878. The van der Waals surface area contributed by atoms with Gasteiger partial charge in [-0.05, 0) is 19.8 Å². The predicted octanol–water partition coefficient (Wildman–Crippen LogP) is 0.685. The Morgan fingerprint density at radius 2 is 1.81 bits per heavy atom. The van der Waals surface area contributed by atoms with Crippen molar-refractivity contribution >= 4 is 12.0 Å².